The van der Waals surface area contributed by atoms with E-state index in [0.717, 1.165) is 19.6 Å². The quantitative estimate of drug-likeness (QED) is 0.660. The van der Waals surface area contributed by atoms with Crippen molar-refractivity contribution in [2.24, 2.45) is 0 Å². The predicted octanol–water partition coefficient (Wildman–Crippen LogP) is 1.05. The topological polar surface area (TPSA) is 38.8 Å². The maximum atomic E-state index is 11.0. The molecule has 1 atom stereocenters. The molecule has 0 radical (unpaired) electrons. The number of morpholine rings is 1. The van der Waals surface area contributed by atoms with Crippen molar-refractivity contribution < 1.29 is 14.3 Å². The zero-order valence-electron chi connectivity index (χ0n) is 10.1. The first kappa shape index (κ1) is 12.5. The van der Waals surface area contributed by atoms with Crippen molar-refractivity contribution >= 4 is 5.97 Å². The van der Waals surface area contributed by atoms with Crippen molar-refractivity contribution in [2.45, 2.75) is 38.9 Å². The number of hydrogen-bond acceptors (Lipinski definition) is 4. The monoisotopic (exact) mass is 215 g/mol. The molecule has 0 bridgehead atoms. The van der Waals surface area contributed by atoms with Crippen LogP contribution in [0.1, 0.15) is 27.2 Å². The number of carbonyl (C=O) groups excluding carboxylic acids is 1. The zero-order valence-corrected chi connectivity index (χ0v) is 10.1. The first-order chi connectivity index (χ1) is 6.93. The predicted molar refractivity (Wildman–Crippen MR) is 57.7 cm³/mol. The van der Waals surface area contributed by atoms with Gasteiger partial charge in [-0.15, -0.1) is 0 Å². The average Bonchev–Trinajstić information content (AvgIpc) is 2.11. The van der Waals surface area contributed by atoms with Gasteiger partial charge in [0, 0.05) is 19.6 Å². The molecule has 0 aliphatic carbocycles. The van der Waals surface area contributed by atoms with Crippen LogP contribution in [0.3, 0.4) is 0 Å². The van der Waals surface area contributed by atoms with Gasteiger partial charge in [-0.1, -0.05) is 0 Å². The van der Waals surface area contributed by atoms with E-state index in [4.69, 9.17) is 4.74 Å². The normalized spacial score (nSPS) is 26.3. The highest BCUT2D eigenvalue weighted by atomic mass is 16.5. The molecular formula is C11H21NO3. The lowest BCUT2D eigenvalue weighted by Crippen LogP contribution is -2.52. The SMILES string of the molecule is COC(=O)CCN1CC(C)OC(C)(C)C1. The van der Waals surface area contributed by atoms with Crippen LogP contribution in [-0.4, -0.2) is 49.3 Å². The van der Waals surface area contributed by atoms with E-state index in [-0.39, 0.29) is 17.7 Å². The van der Waals surface area contributed by atoms with E-state index < -0.39 is 0 Å². The standard InChI is InChI=1S/C11H21NO3/c1-9-7-12(6-5-10(13)14-4)8-11(2,3)15-9/h9H,5-8H2,1-4H3. The van der Waals surface area contributed by atoms with E-state index in [0.29, 0.717) is 6.42 Å². The van der Waals surface area contributed by atoms with E-state index in [1.807, 2.05) is 0 Å². The second kappa shape index (κ2) is 4.94. The Morgan fingerprint density at radius 3 is 2.80 bits per heavy atom. The van der Waals surface area contributed by atoms with Gasteiger partial charge in [0.15, 0.2) is 0 Å². The minimum absolute atomic E-state index is 0.117. The summed E-state index contributed by atoms with van der Waals surface area (Å²) >= 11 is 0. The van der Waals surface area contributed by atoms with Gasteiger partial charge in [0.05, 0.1) is 25.2 Å². The molecule has 0 N–H and O–H groups in total. The number of carbonyl (C=O) groups is 1. The average molecular weight is 215 g/mol. The Morgan fingerprint density at radius 1 is 1.60 bits per heavy atom. The first-order valence-corrected chi connectivity index (χ1v) is 5.40. The second-order valence-corrected chi connectivity index (χ2v) is 4.75. The lowest BCUT2D eigenvalue weighted by molar-refractivity contribution is -0.145. The van der Waals surface area contributed by atoms with Crippen molar-refractivity contribution in [2.75, 3.05) is 26.7 Å². The summed E-state index contributed by atoms with van der Waals surface area (Å²) in [5.74, 6) is -0.146. The molecular weight excluding hydrogens is 194 g/mol. The fraction of sp³-hybridized carbons (Fsp3) is 0.909. The Morgan fingerprint density at radius 2 is 2.27 bits per heavy atom. The van der Waals surface area contributed by atoms with Crippen LogP contribution in [0.4, 0.5) is 0 Å². The van der Waals surface area contributed by atoms with Gasteiger partial charge in [0.1, 0.15) is 0 Å². The molecule has 0 saturated carbocycles. The summed E-state index contributed by atoms with van der Waals surface area (Å²) in [6.45, 7) is 8.73. The largest absolute Gasteiger partial charge is 0.469 e. The van der Waals surface area contributed by atoms with Crippen LogP contribution >= 0.6 is 0 Å². The molecule has 1 aliphatic rings. The van der Waals surface area contributed by atoms with Crippen LogP contribution < -0.4 is 0 Å². The smallest absolute Gasteiger partial charge is 0.306 e. The minimum atomic E-state index is -0.146. The third-order valence-corrected chi connectivity index (χ3v) is 2.50. The van der Waals surface area contributed by atoms with Crippen LogP contribution in [0, 0.1) is 0 Å². The minimum Gasteiger partial charge on any atom is -0.469 e. The Bertz CT molecular complexity index is 228. The van der Waals surface area contributed by atoms with Gasteiger partial charge in [-0.3, -0.25) is 9.69 Å². The highest BCUT2D eigenvalue weighted by molar-refractivity contribution is 5.69. The van der Waals surface area contributed by atoms with Crippen LogP contribution in [-0.2, 0) is 14.3 Å². The van der Waals surface area contributed by atoms with Crippen molar-refractivity contribution in [1.82, 2.24) is 4.90 Å². The van der Waals surface area contributed by atoms with Crippen molar-refractivity contribution in [3.05, 3.63) is 0 Å². The summed E-state index contributed by atoms with van der Waals surface area (Å²) in [7, 11) is 1.42. The summed E-state index contributed by atoms with van der Waals surface area (Å²) in [6, 6.07) is 0. The van der Waals surface area contributed by atoms with Gasteiger partial charge in [-0.05, 0) is 20.8 Å². The van der Waals surface area contributed by atoms with Gasteiger partial charge in [0.25, 0.3) is 0 Å². The Kier molecular flexibility index (Phi) is 4.11. The molecule has 4 nitrogen and oxygen atoms in total. The Balaban J connectivity index is 2.38. The Labute approximate surface area is 91.5 Å². The number of esters is 1. The van der Waals surface area contributed by atoms with E-state index in [1.54, 1.807) is 0 Å². The molecule has 88 valence electrons. The number of rotatable bonds is 3. The lowest BCUT2D eigenvalue weighted by atomic mass is 10.1. The molecule has 1 fully saturated rings. The van der Waals surface area contributed by atoms with Gasteiger partial charge in [0.2, 0.25) is 0 Å². The van der Waals surface area contributed by atoms with Crippen LogP contribution in [0.5, 0.6) is 0 Å². The fourth-order valence-corrected chi connectivity index (χ4v) is 2.11. The van der Waals surface area contributed by atoms with Crippen LogP contribution in [0.25, 0.3) is 0 Å². The molecule has 0 aromatic carbocycles. The number of nitrogens with zero attached hydrogens (tertiary/aromatic N) is 1. The van der Waals surface area contributed by atoms with Gasteiger partial charge in [-0.2, -0.15) is 0 Å². The molecule has 0 spiro atoms. The first-order valence-electron chi connectivity index (χ1n) is 5.40. The highest BCUT2D eigenvalue weighted by Crippen LogP contribution is 2.20. The summed E-state index contributed by atoms with van der Waals surface area (Å²) in [5.41, 5.74) is -0.117. The third-order valence-electron chi connectivity index (χ3n) is 2.50. The van der Waals surface area contributed by atoms with Gasteiger partial charge in [-0.25, -0.2) is 0 Å². The molecule has 4 heteroatoms. The summed E-state index contributed by atoms with van der Waals surface area (Å²) in [5, 5.41) is 0. The lowest BCUT2D eigenvalue weighted by Gasteiger charge is -2.41. The molecule has 1 aliphatic heterocycles. The summed E-state index contributed by atoms with van der Waals surface area (Å²) in [6.07, 6.45) is 0.686. The third kappa shape index (κ3) is 4.18. The molecule has 1 saturated heterocycles. The van der Waals surface area contributed by atoms with Gasteiger partial charge < -0.3 is 9.47 Å². The van der Waals surface area contributed by atoms with Crippen LogP contribution in [0.2, 0.25) is 0 Å². The van der Waals surface area contributed by atoms with Gasteiger partial charge >= 0.3 is 5.97 Å². The van der Waals surface area contributed by atoms with Crippen molar-refractivity contribution in [3.8, 4) is 0 Å². The van der Waals surface area contributed by atoms with E-state index in [2.05, 4.69) is 30.4 Å². The molecule has 0 aromatic rings. The number of ether oxygens (including phenoxy) is 2. The van der Waals surface area contributed by atoms with Crippen molar-refractivity contribution in [3.63, 3.8) is 0 Å². The van der Waals surface area contributed by atoms with E-state index in [9.17, 15) is 4.79 Å². The van der Waals surface area contributed by atoms with E-state index in [1.165, 1.54) is 7.11 Å². The molecule has 15 heavy (non-hydrogen) atoms. The zero-order chi connectivity index (χ0) is 11.5. The molecule has 0 amide bonds. The maximum absolute atomic E-state index is 11.0. The van der Waals surface area contributed by atoms with Crippen LogP contribution in [0.15, 0.2) is 0 Å². The molecule has 0 aromatic heterocycles. The van der Waals surface area contributed by atoms with E-state index >= 15 is 0 Å². The molecule has 1 unspecified atom stereocenters. The maximum Gasteiger partial charge on any atom is 0.306 e. The van der Waals surface area contributed by atoms with Crippen molar-refractivity contribution in [1.29, 1.82) is 0 Å². The summed E-state index contributed by atoms with van der Waals surface area (Å²) < 4.78 is 10.4. The number of hydrogen-bond donors (Lipinski definition) is 0. The second-order valence-electron chi connectivity index (χ2n) is 4.75. The fourth-order valence-electron chi connectivity index (χ4n) is 2.11. The molecule has 1 rings (SSSR count). The Hall–Kier alpha value is -0.610. The highest BCUT2D eigenvalue weighted by Gasteiger charge is 2.31. The number of methoxy groups -OCH3 is 1. The molecule has 1 heterocycles. The summed E-state index contributed by atoms with van der Waals surface area (Å²) in [4.78, 5) is 13.3.